The molecule has 0 aliphatic carbocycles. The second-order valence-electron chi connectivity index (χ2n) is 8.24. The highest BCUT2D eigenvalue weighted by molar-refractivity contribution is 9.09. The van der Waals surface area contributed by atoms with Gasteiger partial charge in [-0.1, -0.05) is 34.1 Å². The number of alkyl halides is 1. The molecule has 3 fully saturated rings. The summed E-state index contributed by atoms with van der Waals surface area (Å²) in [7, 11) is 1.62. The number of fused-ring (bicyclic) bond motifs is 4. The first-order valence-electron chi connectivity index (χ1n) is 10.7. The van der Waals surface area contributed by atoms with E-state index in [2.05, 4.69) is 25.8 Å². The molecule has 1 unspecified atom stereocenters. The van der Waals surface area contributed by atoms with Crippen LogP contribution in [0.2, 0.25) is 0 Å². The van der Waals surface area contributed by atoms with Crippen LogP contribution in [0.25, 0.3) is 10.9 Å². The van der Waals surface area contributed by atoms with Gasteiger partial charge in [-0.25, -0.2) is 4.79 Å². The Morgan fingerprint density at radius 2 is 2.00 bits per heavy atom. The van der Waals surface area contributed by atoms with Gasteiger partial charge in [-0.2, -0.15) is 0 Å². The number of methoxy groups -OCH3 is 1. The minimum atomic E-state index is -0.559. The monoisotopic (exact) mass is 494 g/mol. The second kappa shape index (κ2) is 8.64. The van der Waals surface area contributed by atoms with Gasteiger partial charge in [-0.3, -0.25) is 14.7 Å². The number of esters is 1. The van der Waals surface area contributed by atoms with E-state index in [9.17, 15) is 9.59 Å². The first-order valence-corrected chi connectivity index (χ1v) is 11.6. The molecule has 3 saturated heterocycles. The van der Waals surface area contributed by atoms with Crippen LogP contribution in [0.1, 0.15) is 34.9 Å². The molecule has 0 radical (unpaired) electrons. The fourth-order valence-corrected chi connectivity index (χ4v) is 5.72. The fraction of sp³-hybridized carbons (Fsp3) is 0.320. The third-order valence-electron chi connectivity index (χ3n) is 6.50. The van der Waals surface area contributed by atoms with E-state index < -0.39 is 6.10 Å². The summed E-state index contributed by atoms with van der Waals surface area (Å²) in [5, 5.41) is 0.873. The SMILES string of the molecule is COc1ccc2nccc([C@H](OC(=O)c3ccccc3)[C@H]3C[C@@H]4CCN3[C@@H](Br)C4=O)c2c1. The van der Waals surface area contributed by atoms with E-state index in [1.165, 1.54) is 0 Å². The molecule has 7 heteroatoms. The number of carbonyl (C=O) groups is 2. The number of hydrogen-bond acceptors (Lipinski definition) is 6. The maximum atomic E-state index is 13.1. The van der Waals surface area contributed by atoms with Crippen LogP contribution in [0.3, 0.4) is 0 Å². The van der Waals surface area contributed by atoms with Gasteiger partial charge < -0.3 is 9.47 Å². The molecule has 3 aromatic rings. The number of nitrogens with zero attached hydrogens (tertiary/aromatic N) is 2. The van der Waals surface area contributed by atoms with Gasteiger partial charge in [-0.05, 0) is 49.2 Å². The normalized spacial score (nSPS) is 25.5. The van der Waals surface area contributed by atoms with Crippen LogP contribution in [0.4, 0.5) is 0 Å². The summed E-state index contributed by atoms with van der Waals surface area (Å²) in [6.45, 7) is 0.780. The first-order chi connectivity index (χ1) is 15.6. The van der Waals surface area contributed by atoms with E-state index in [4.69, 9.17) is 9.47 Å². The zero-order valence-corrected chi connectivity index (χ0v) is 19.2. The Bertz CT molecular complexity index is 1170. The summed E-state index contributed by atoms with van der Waals surface area (Å²) in [5.41, 5.74) is 2.16. The van der Waals surface area contributed by atoms with E-state index in [0.717, 1.165) is 29.4 Å². The van der Waals surface area contributed by atoms with Gasteiger partial charge in [0.05, 0.1) is 24.2 Å². The van der Waals surface area contributed by atoms with Gasteiger partial charge in [0.15, 0.2) is 5.78 Å². The summed E-state index contributed by atoms with van der Waals surface area (Å²) in [6, 6.07) is 16.5. The Labute approximate surface area is 194 Å². The van der Waals surface area contributed by atoms with Crippen LogP contribution in [0.5, 0.6) is 5.75 Å². The average molecular weight is 495 g/mol. The maximum absolute atomic E-state index is 13.1. The minimum absolute atomic E-state index is 0.0325. The third-order valence-corrected chi connectivity index (χ3v) is 7.48. The molecule has 0 amide bonds. The number of aromatic nitrogens is 1. The molecule has 5 atom stereocenters. The highest BCUT2D eigenvalue weighted by Crippen LogP contribution is 2.43. The molecule has 3 aliphatic heterocycles. The number of ether oxygens (including phenoxy) is 2. The largest absolute Gasteiger partial charge is 0.497 e. The molecule has 4 heterocycles. The van der Waals surface area contributed by atoms with E-state index in [0.29, 0.717) is 17.7 Å². The topological polar surface area (TPSA) is 68.7 Å². The zero-order valence-electron chi connectivity index (χ0n) is 17.6. The number of rotatable bonds is 5. The summed E-state index contributed by atoms with van der Waals surface area (Å²) in [6.07, 6.45) is 2.67. The van der Waals surface area contributed by atoms with E-state index in [1.807, 2.05) is 42.5 Å². The molecule has 6 rings (SSSR count). The molecule has 0 N–H and O–H groups in total. The number of piperidine rings is 3. The van der Waals surface area contributed by atoms with Crippen molar-refractivity contribution in [3.05, 3.63) is 71.9 Å². The number of Topliss-reactive ketones (excluding diaryl/α,β-unsaturated/α-hetero) is 1. The summed E-state index contributed by atoms with van der Waals surface area (Å²) in [4.78, 5) is 32.0. The lowest BCUT2D eigenvalue weighted by atomic mass is 9.78. The molecule has 1 aromatic heterocycles. The number of carbonyl (C=O) groups excluding carboxylic acids is 2. The van der Waals surface area contributed by atoms with Crippen molar-refractivity contribution in [3.8, 4) is 5.75 Å². The smallest absolute Gasteiger partial charge is 0.338 e. The van der Waals surface area contributed by atoms with Crippen molar-refractivity contribution >= 4 is 38.6 Å². The molecule has 0 saturated carbocycles. The van der Waals surface area contributed by atoms with Crippen molar-refractivity contribution in [1.29, 1.82) is 0 Å². The van der Waals surface area contributed by atoms with Crippen LogP contribution in [-0.2, 0) is 9.53 Å². The number of halogens is 1. The van der Waals surface area contributed by atoms with Gasteiger partial charge in [0, 0.05) is 29.6 Å². The zero-order chi connectivity index (χ0) is 22.2. The van der Waals surface area contributed by atoms with Gasteiger partial charge in [0.2, 0.25) is 0 Å². The number of hydrogen-bond donors (Lipinski definition) is 0. The van der Waals surface area contributed by atoms with Gasteiger partial charge in [0.1, 0.15) is 16.8 Å². The van der Waals surface area contributed by atoms with Crippen molar-refractivity contribution in [2.24, 2.45) is 5.92 Å². The van der Waals surface area contributed by atoms with Crippen molar-refractivity contribution in [2.45, 2.75) is 29.9 Å². The fourth-order valence-electron chi connectivity index (χ4n) is 4.84. The Hall–Kier alpha value is -2.77. The highest BCUT2D eigenvalue weighted by atomic mass is 79.9. The van der Waals surface area contributed by atoms with Crippen LogP contribution in [-0.4, -0.2) is 46.3 Å². The van der Waals surface area contributed by atoms with Gasteiger partial charge >= 0.3 is 5.97 Å². The van der Waals surface area contributed by atoms with E-state index in [1.54, 1.807) is 25.4 Å². The summed E-state index contributed by atoms with van der Waals surface area (Å²) >= 11 is 3.58. The Kier molecular flexibility index (Phi) is 5.69. The van der Waals surface area contributed by atoms with Crippen molar-refractivity contribution < 1.29 is 19.1 Å². The first kappa shape index (κ1) is 21.1. The van der Waals surface area contributed by atoms with Crippen LogP contribution >= 0.6 is 15.9 Å². The van der Waals surface area contributed by atoms with Gasteiger partial charge in [0.25, 0.3) is 0 Å². The summed E-state index contributed by atoms with van der Waals surface area (Å²) in [5.74, 6) is 0.499. The lowest BCUT2D eigenvalue weighted by molar-refractivity contribution is -0.139. The van der Waals surface area contributed by atoms with Crippen molar-refractivity contribution in [3.63, 3.8) is 0 Å². The molecular formula is C25H23BrN2O4. The third kappa shape index (κ3) is 3.69. The number of pyridine rings is 1. The molecule has 164 valence electrons. The summed E-state index contributed by atoms with van der Waals surface area (Å²) < 4.78 is 11.6. The van der Waals surface area contributed by atoms with Gasteiger partial charge in [-0.15, -0.1) is 0 Å². The maximum Gasteiger partial charge on any atom is 0.338 e. The Morgan fingerprint density at radius 1 is 1.19 bits per heavy atom. The van der Waals surface area contributed by atoms with Crippen LogP contribution in [0.15, 0.2) is 60.8 Å². The Balaban J connectivity index is 1.60. The van der Waals surface area contributed by atoms with E-state index >= 15 is 0 Å². The Morgan fingerprint density at radius 3 is 2.75 bits per heavy atom. The lowest BCUT2D eigenvalue weighted by Crippen LogP contribution is -2.59. The molecule has 2 aromatic carbocycles. The standard InChI is InChI=1S/C25H23BrN2O4/c1-31-17-7-8-20-19(14-17)18(9-11-27-20)23(32-25(30)15-5-3-2-4-6-15)21-13-16-10-12-28(21)24(26)22(16)29/h2-9,11,14,16,21,23-24H,10,12-13H2,1H3/t16-,21+,23-,24+/m0/s1. The second-order valence-corrected chi connectivity index (χ2v) is 9.11. The minimum Gasteiger partial charge on any atom is -0.497 e. The van der Waals surface area contributed by atoms with E-state index in [-0.39, 0.29) is 28.7 Å². The number of ketones is 1. The molecule has 0 spiro atoms. The van der Waals surface area contributed by atoms with Crippen molar-refractivity contribution in [1.82, 2.24) is 9.88 Å². The van der Waals surface area contributed by atoms with Crippen molar-refractivity contribution in [2.75, 3.05) is 13.7 Å². The lowest BCUT2D eigenvalue weighted by Gasteiger charge is -2.49. The molecule has 32 heavy (non-hydrogen) atoms. The van der Waals surface area contributed by atoms with Crippen LogP contribution < -0.4 is 4.74 Å². The predicted octanol–water partition coefficient (Wildman–Crippen LogP) is 4.53. The number of benzene rings is 2. The average Bonchev–Trinajstić information content (AvgIpc) is 2.85. The highest BCUT2D eigenvalue weighted by Gasteiger charge is 2.49. The van der Waals surface area contributed by atoms with Crippen LogP contribution in [0, 0.1) is 5.92 Å². The quantitative estimate of drug-likeness (QED) is 0.295. The molecule has 3 aliphatic rings. The molecular weight excluding hydrogens is 472 g/mol. The predicted molar refractivity (Wildman–Crippen MR) is 124 cm³/mol. The molecule has 2 bridgehead atoms. The molecule has 6 nitrogen and oxygen atoms in total.